The number of unbranched alkanes of at least 4 members (excludes halogenated alkanes) is 5. The molecule has 21 heavy (non-hydrogen) atoms. The van der Waals surface area contributed by atoms with Gasteiger partial charge in [-0.05, 0) is 45.4 Å². The molecule has 0 amide bonds. The molecule has 0 fully saturated rings. The summed E-state index contributed by atoms with van der Waals surface area (Å²) < 4.78 is 4.88. The largest absolute Gasteiger partial charge is 0.466 e. The van der Waals surface area contributed by atoms with Crippen LogP contribution in [0.1, 0.15) is 71.6 Å². The van der Waals surface area contributed by atoms with Gasteiger partial charge < -0.3 is 4.74 Å². The standard InChI is InChI=1S/C19H32O2/c1-3-5-6-7-8-9-10-11-12-13-14-15-16-17-18-19(20)21-4-2/h8-11,14-15H,3-7,12-13,16-18H2,1-2H3/b9-8+,11-10+,15-14-. The molecule has 0 aliphatic carbocycles. The van der Waals surface area contributed by atoms with E-state index in [1.807, 2.05) is 6.92 Å². The second-order valence-corrected chi connectivity index (χ2v) is 5.10. The molecule has 0 aliphatic rings. The zero-order chi connectivity index (χ0) is 15.6. The van der Waals surface area contributed by atoms with Gasteiger partial charge in [-0.15, -0.1) is 0 Å². The summed E-state index contributed by atoms with van der Waals surface area (Å²) in [6.45, 7) is 4.55. The van der Waals surface area contributed by atoms with Crippen molar-refractivity contribution in [3.8, 4) is 0 Å². The summed E-state index contributed by atoms with van der Waals surface area (Å²) in [7, 11) is 0. The molecular formula is C19H32O2. The number of esters is 1. The van der Waals surface area contributed by atoms with Crippen molar-refractivity contribution in [2.75, 3.05) is 6.61 Å². The van der Waals surface area contributed by atoms with E-state index in [4.69, 9.17) is 4.74 Å². The van der Waals surface area contributed by atoms with Crippen LogP contribution in [-0.4, -0.2) is 12.6 Å². The first-order chi connectivity index (χ1) is 10.3. The number of carbonyl (C=O) groups excluding carboxylic acids is 1. The monoisotopic (exact) mass is 292 g/mol. The van der Waals surface area contributed by atoms with Gasteiger partial charge >= 0.3 is 5.97 Å². The smallest absolute Gasteiger partial charge is 0.305 e. The number of hydrogen-bond donors (Lipinski definition) is 0. The lowest BCUT2D eigenvalue weighted by Gasteiger charge is -1.98. The fraction of sp³-hybridized carbons (Fsp3) is 0.632. The molecule has 0 spiro atoms. The lowest BCUT2D eigenvalue weighted by atomic mass is 10.2. The van der Waals surface area contributed by atoms with Crippen LogP contribution in [0.4, 0.5) is 0 Å². The van der Waals surface area contributed by atoms with Crippen LogP contribution in [-0.2, 0) is 9.53 Å². The molecule has 2 nitrogen and oxygen atoms in total. The first-order valence-corrected chi connectivity index (χ1v) is 8.43. The normalized spacial score (nSPS) is 11.9. The van der Waals surface area contributed by atoms with E-state index in [0.29, 0.717) is 13.0 Å². The van der Waals surface area contributed by atoms with Crippen molar-refractivity contribution in [3.63, 3.8) is 0 Å². The third kappa shape index (κ3) is 16.6. The second-order valence-electron chi connectivity index (χ2n) is 5.10. The van der Waals surface area contributed by atoms with E-state index in [0.717, 1.165) is 25.7 Å². The highest BCUT2D eigenvalue weighted by Gasteiger charge is 1.98. The fourth-order valence-corrected chi connectivity index (χ4v) is 1.89. The highest BCUT2D eigenvalue weighted by Crippen LogP contribution is 2.02. The Bertz CT molecular complexity index is 314. The third-order valence-corrected chi connectivity index (χ3v) is 3.08. The van der Waals surface area contributed by atoms with Crippen molar-refractivity contribution in [1.82, 2.24) is 0 Å². The lowest BCUT2D eigenvalue weighted by molar-refractivity contribution is -0.143. The van der Waals surface area contributed by atoms with Crippen LogP contribution in [0.2, 0.25) is 0 Å². The highest BCUT2D eigenvalue weighted by atomic mass is 16.5. The van der Waals surface area contributed by atoms with Crippen molar-refractivity contribution >= 4 is 5.97 Å². The molecule has 0 saturated carbocycles. The number of ether oxygens (including phenoxy) is 1. The summed E-state index contributed by atoms with van der Waals surface area (Å²) in [6.07, 6.45) is 22.7. The minimum atomic E-state index is -0.0837. The average molecular weight is 292 g/mol. The summed E-state index contributed by atoms with van der Waals surface area (Å²) in [6, 6.07) is 0. The molecule has 0 atom stereocenters. The predicted octanol–water partition coefficient (Wildman–Crippen LogP) is 5.75. The molecule has 120 valence electrons. The molecule has 0 heterocycles. The second kappa shape index (κ2) is 16.7. The van der Waals surface area contributed by atoms with Gasteiger partial charge in [-0.2, -0.15) is 0 Å². The quantitative estimate of drug-likeness (QED) is 0.187. The summed E-state index contributed by atoms with van der Waals surface area (Å²) in [5, 5.41) is 0. The molecule has 0 aromatic carbocycles. The van der Waals surface area contributed by atoms with Gasteiger partial charge in [0, 0.05) is 6.42 Å². The number of hydrogen-bond acceptors (Lipinski definition) is 2. The molecular weight excluding hydrogens is 260 g/mol. The van der Waals surface area contributed by atoms with Gasteiger partial charge in [-0.3, -0.25) is 4.79 Å². The maximum atomic E-state index is 11.1. The van der Waals surface area contributed by atoms with Crippen molar-refractivity contribution in [1.29, 1.82) is 0 Å². The molecule has 0 aliphatic heterocycles. The molecule has 0 unspecified atom stereocenters. The topological polar surface area (TPSA) is 26.3 Å². The lowest BCUT2D eigenvalue weighted by Crippen LogP contribution is -2.02. The number of carbonyl (C=O) groups is 1. The van der Waals surface area contributed by atoms with E-state index < -0.39 is 0 Å². The van der Waals surface area contributed by atoms with Crippen LogP contribution in [0.5, 0.6) is 0 Å². The zero-order valence-corrected chi connectivity index (χ0v) is 13.9. The maximum absolute atomic E-state index is 11.1. The Hall–Kier alpha value is -1.31. The van der Waals surface area contributed by atoms with Crippen molar-refractivity contribution in [2.24, 2.45) is 0 Å². The Morgan fingerprint density at radius 1 is 0.810 bits per heavy atom. The molecule has 0 aromatic heterocycles. The Morgan fingerprint density at radius 2 is 1.43 bits per heavy atom. The van der Waals surface area contributed by atoms with Gasteiger partial charge in [0.25, 0.3) is 0 Å². The Labute approximate surface area is 131 Å². The predicted molar refractivity (Wildman–Crippen MR) is 91.3 cm³/mol. The van der Waals surface area contributed by atoms with E-state index in [1.54, 1.807) is 0 Å². The van der Waals surface area contributed by atoms with Crippen molar-refractivity contribution in [2.45, 2.75) is 71.6 Å². The van der Waals surface area contributed by atoms with Crippen LogP contribution < -0.4 is 0 Å². The molecule has 2 heteroatoms. The van der Waals surface area contributed by atoms with E-state index in [9.17, 15) is 4.79 Å². The molecule has 0 bridgehead atoms. The van der Waals surface area contributed by atoms with E-state index in [1.165, 1.54) is 25.7 Å². The van der Waals surface area contributed by atoms with Crippen molar-refractivity contribution in [3.05, 3.63) is 36.5 Å². The van der Waals surface area contributed by atoms with Crippen molar-refractivity contribution < 1.29 is 9.53 Å². The highest BCUT2D eigenvalue weighted by molar-refractivity contribution is 5.69. The molecule has 0 saturated heterocycles. The Balaban J connectivity index is 3.37. The van der Waals surface area contributed by atoms with Gasteiger partial charge in [0.2, 0.25) is 0 Å². The van der Waals surface area contributed by atoms with E-state index in [-0.39, 0.29) is 5.97 Å². The summed E-state index contributed by atoms with van der Waals surface area (Å²) >= 11 is 0. The first kappa shape index (κ1) is 19.7. The van der Waals surface area contributed by atoms with Gasteiger partial charge in [0.05, 0.1) is 6.61 Å². The average Bonchev–Trinajstić information content (AvgIpc) is 2.48. The fourth-order valence-electron chi connectivity index (χ4n) is 1.89. The molecule has 0 radical (unpaired) electrons. The minimum Gasteiger partial charge on any atom is -0.466 e. The first-order valence-electron chi connectivity index (χ1n) is 8.43. The van der Waals surface area contributed by atoms with E-state index >= 15 is 0 Å². The summed E-state index contributed by atoms with van der Waals surface area (Å²) in [5.41, 5.74) is 0. The molecule has 0 N–H and O–H groups in total. The van der Waals surface area contributed by atoms with Crippen LogP contribution in [0.25, 0.3) is 0 Å². The van der Waals surface area contributed by atoms with E-state index in [2.05, 4.69) is 43.4 Å². The van der Waals surface area contributed by atoms with Gasteiger partial charge in [0.15, 0.2) is 0 Å². The summed E-state index contributed by atoms with van der Waals surface area (Å²) in [5.74, 6) is -0.0837. The Kier molecular flexibility index (Phi) is 15.7. The minimum absolute atomic E-state index is 0.0837. The van der Waals surface area contributed by atoms with Crippen LogP contribution in [0.15, 0.2) is 36.5 Å². The number of rotatable bonds is 13. The Morgan fingerprint density at radius 3 is 2.14 bits per heavy atom. The van der Waals surface area contributed by atoms with Crippen LogP contribution >= 0.6 is 0 Å². The van der Waals surface area contributed by atoms with Gasteiger partial charge in [-0.25, -0.2) is 0 Å². The third-order valence-electron chi connectivity index (χ3n) is 3.08. The maximum Gasteiger partial charge on any atom is 0.305 e. The number of allylic oxidation sites excluding steroid dienone is 6. The van der Waals surface area contributed by atoms with Gasteiger partial charge in [-0.1, -0.05) is 56.2 Å². The zero-order valence-electron chi connectivity index (χ0n) is 13.9. The molecule has 0 aromatic rings. The summed E-state index contributed by atoms with van der Waals surface area (Å²) in [4.78, 5) is 11.1. The van der Waals surface area contributed by atoms with Crippen LogP contribution in [0, 0.1) is 0 Å². The SMILES string of the molecule is CCCCC/C=C/C=C/CC/C=C\CCCC(=O)OCC. The molecule has 0 rings (SSSR count). The van der Waals surface area contributed by atoms with Gasteiger partial charge in [0.1, 0.15) is 0 Å². The van der Waals surface area contributed by atoms with Crippen LogP contribution in [0.3, 0.4) is 0 Å².